The van der Waals surface area contributed by atoms with Crippen LogP contribution < -0.4 is 4.90 Å². The highest BCUT2D eigenvalue weighted by atomic mass is 32.2. The minimum Gasteiger partial charge on any atom is -0.369 e. The van der Waals surface area contributed by atoms with Crippen LogP contribution in [-0.2, 0) is 17.3 Å². The van der Waals surface area contributed by atoms with Crippen LogP contribution in [0.5, 0.6) is 0 Å². The first kappa shape index (κ1) is 17.2. The summed E-state index contributed by atoms with van der Waals surface area (Å²) in [6.07, 6.45) is -4.65. The summed E-state index contributed by atoms with van der Waals surface area (Å²) in [6.45, 7) is 7.01. The summed E-state index contributed by atoms with van der Waals surface area (Å²) >= 11 is -2.66. The number of piperazine rings is 1. The van der Waals surface area contributed by atoms with Crippen LogP contribution >= 0.6 is 0 Å². The number of hydrogen-bond acceptors (Lipinski definition) is 3. The van der Waals surface area contributed by atoms with E-state index in [0.29, 0.717) is 24.8 Å². The molecule has 0 amide bonds. The summed E-state index contributed by atoms with van der Waals surface area (Å²) in [5, 5.41) is 0. The molecule has 0 saturated carbocycles. The van der Waals surface area contributed by atoms with Crippen molar-refractivity contribution in [2.45, 2.75) is 31.0 Å². The fourth-order valence-electron chi connectivity index (χ4n) is 2.58. The second-order valence-electron chi connectivity index (χ2n) is 5.54. The van der Waals surface area contributed by atoms with Crippen molar-refractivity contribution in [3.8, 4) is 0 Å². The van der Waals surface area contributed by atoms with E-state index in [0.717, 1.165) is 25.2 Å². The zero-order valence-corrected chi connectivity index (χ0v) is 13.2. The van der Waals surface area contributed by atoms with E-state index in [-0.39, 0.29) is 0 Å². The quantitative estimate of drug-likeness (QED) is 0.862. The van der Waals surface area contributed by atoms with E-state index in [2.05, 4.69) is 18.7 Å². The Bertz CT molecular complexity index is 556. The molecule has 1 N–H and O–H groups in total. The van der Waals surface area contributed by atoms with E-state index in [4.69, 9.17) is 4.55 Å². The van der Waals surface area contributed by atoms with Crippen molar-refractivity contribution < 1.29 is 21.9 Å². The molecule has 0 aromatic heterocycles. The maximum absolute atomic E-state index is 13.1. The topological polar surface area (TPSA) is 43.8 Å². The van der Waals surface area contributed by atoms with Gasteiger partial charge in [0.25, 0.3) is 0 Å². The first-order valence-electron chi connectivity index (χ1n) is 7.01. The molecule has 22 heavy (non-hydrogen) atoms. The molecule has 1 aromatic carbocycles. The van der Waals surface area contributed by atoms with Crippen molar-refractivity contribution in [1.82, 2.24) is 4.90 Å². The van der Waals surface area contributed by atoms with Crippen LogP contribution in [0.2, 0.25) is 0 Å². The molecular formula is C14H19F3N2O2S. The van der Waals surface area contributed by atoms with Gasteiger partial charge in [-0.3, -0.25) is 4.90 Å². The van der Waals surface area contributed by atoms with Gasteiger partial charge in [0.15, 0.2) is 11.1 Å². The predicted molar refractivity (Wildman–Crippen MR) is 79.4 cm³/mol. The first-order chi connectivity index (χ1) is 10.2. The third-order valence-corrected chi connectivity index (χ3v) is 4.60. The summed E-state index contributed by atoms with van der Waals surface area (Å²) in [4.78, 5) is 3.54. The lowest BCUT2D eigenvalue weighted by molar-refractivity contribution is -0.139. The van der Waals surface area contributed by atoms with Crippen LogP contribution in [-0.4, -0.2) is 45.9 Å². The van der Waals surface area contributed by atoms with Crippen LogP contribution in [0.25, 0.3) is 0 Å². The largest absolute Gasteiger partial charge is 0.417 e. The van der Waals surface area contributed by atoms with Gasteiger partial charge in [-0.25, -0.2) is 4.21 Å². The predicted octanol–water partition coefficient (Wildman–Crippen LogP) is 2.82. The van der Waals surface area contributed by atoms with Crippen molar-refractivity contribution in [3.63, 3.8) is 0 Å². The minimum atomic E-state index is -4.65. The molecule has 1 atom stereocenters. The second kappa shape index (κ2) is 6.55. The lowest BCUT2D eigenvalue weighted by Gasteiger charge is -2.38. The average molecular weight is 336 g/mol. The van der Waals surface area contributed by atoms with E-state index in [1.165, 1.54) is 6.07 Å². The van der Waals surface area contributed by atoms with Crippen molar-refractivity contribution in [2.75, 3.05) is 31.1 Å². The molecule has 8 heteroatoms. The van der Waals surface area contributed by atoms with Crippen molar-refractivity contribution in [3.05, 3.63) is 23.8 Å². The summed E-state index contributed by atoms with van der Waals surface area (Å²) in [7, 11) is 0. The van der Waals surface area contributed by atoms with Crippen LogP contribution in [0.3, 0.4) is 0 Å². The van der Waals surface area contributed by atoms with Crippen molar-refractivity contribution >= 4 is 16.8 Å². The Morgan fingerprint density at radius 2 is 1.77 bits per heavy atom. The van der Waals surface area contributed by atoms with Gasteiger partial charge in [0.2, 0.25) is 0 Å². The number of hydrogen-bond donors (Lipinski definition) is 1. The molecule has 0 spiro atoms. The number of benzene rings is 1. The fraction of sp³-hybridized carbons (Fsp3) is 0.571. The summed E-state index contributed by atoms with van der Waals surface area (Å²) in [6, 6.07) is 3.94. The molecular weight excluding hydrogens is 317 g/mol. The molecule has 0 aliphatic carbocycles. The van der Waals surface area contributed by atoms with E-state index in [9.17, 15) is 17.4 Å². The zero-order chi connectivity index (χ0) is 16.5. The van der Waals surface area contributed by atoms with Crippen LogP contribution in [0, 0.1) is 0 Å². The monoisotopic (exact) mass is 336 g/mol. The van der Waals surface area contributed by atoms with E-state index >= 15 is 0 Å². The van der Waals surface area contributed by atoms with Crippen LogP contribution in [0.4, 0.5) is 18.9 Å². The van der Waals surface area contributed by atoms with Crippen LogP contribution in [0.1, 0.15) is 19.4 Å². The Morgan fingerprint density at radius 3 is 2.23 bits per heavy atom. The molecule has 1 saturated heterocycles. The highest BCUT2D eigenvalue weighted by molar-refractivity contribution is 7.79. The van der Waals surface area contributed by atoms with Gasteiger partial charge in [-0.15, -0.1) is 0 Å². The number of halogens is 3. The maximum atomic E-state index is 13.1. The molecule has 1 aliphatic rings. The number of alkyl halides is 3. The Morgan fingerprint density at radius 1 is 1.18 bits per heavy atom. The molecule has 0 bridgehead atoms. The maximum Gasteiger partial charge on any atom is 0.417 e. The molecule has 4 nitrogen and oxygen atoms in total. The van der Waals surface area contributed by atoms with Gasteiger partial charge in [0.05, 0.1) is 10.5 Å². The third kappa shape index (κ3) is 3.80. The minimum absolute atomic E-state index is 0.409. The summed E-state index contributed by atoms with van der Waals surface area (Å²) in [5.41, 5.74) is -0.609. The fourth-order valence-corrected chi connectivity index (χ4v) is 3.13. The van der Waals surface area contributed by atoms with Crippen LogP contribution in [0.15, 0.2) is 23.1 Å². The molecule has 1 fully saturated rings. The van der Waals surface area contributed by atoms with Gasteiger partial charge in [-0.1, -0.05) is 0 Å². The Labute approximate surface area is 130 Å². The molecule has 0 radical (unpaired) electrons. The number of rotatable bonds is 3. The molecule has 1 heterocycles. The Kier molecular flexibility index (Phi) is 5.14. The standard InChI is InChI=1S/C14H19F3N2O2S/c1-10(2)18-5-7-19(8-6-18)11-3-4-13(22(20)21)12(9-11)14(15,16)17/h3-4,9-10H,5-8H2,1-2H3,(H,20,21). The molecule has 1 aromatic rings. The smallest absolute Gasteiger partial charge is 0.369 e. The highest BCUT2D eigenvalue weighted by Crippen LogP contribution is 2.36. The van der Waals surface area contributed by atoms with Gasteiger partial charge >= 0.3 is 6.18 Å². The van der Waals surface area contributed by atoms with E-state index in [1.807, 2.05) is 4.90 Å². The van der Waals surface area contributed by atoms with Gasteiger partial charge in [0.1, 0.15) is 0 Å². The highest BCUT2D eigenvalue weighted by Gasteiger charge is 2.35. The molecule has 1 unspecified atom stereocenters. The lowest BCUT2D eigenvalue weighted by atomic mass is 10.1. The van der Waals surface area contributed by atoms with Crippen molar-refractivity contribution in [1.29, 1.82) is 0 Å². The molecule has 1 aliphatic heterocycles. The molecule has 124 valence electrons. The normalized spacial score (nSPS) is 18.8. The average Bonchev–Trinajstić information content (AvgIpc) is 2.45. The first-order valence-corrected chi connectivity index (χ1v) is 8.12. The zero-order valence-electron chi connectivity index (χ0n) is 12.4. The number of anilines is 1. The Hall–Kier alpha value is -1.12. The van der Waals surface area contributed by atoms with Crippen molar-refractivity contribution in [2.24, 2.45) is 0 Å². The number of nitrogens with zero attached hydrogens (tertiary/aromatic N) is 2. The van der Waals surface area contributed by atoms with Gasteiger partial charge in [-0.05, 0) is 32.0 Å². The molecule has 2 rings (SSSR count). The lowest BCUT2D eigenvalue weighted by Crippen LogP contribution is -2.48. The Balaban J connectivity index is 2.25. The van der Waals surface area contributed by atoms with Gasteiger partial charge in [-0.2, -0.15) is 13.2 Å². The van der Waals surface area contributed by atoms with Gasteiger partial charge < -0.3 is 9.45 Å². The second-order valence-corrected chi connectivity index (χ2v) is 6.48. The van der Waals surface area contributed by atoms with Gasteiger partial charge in [0, 0.05) is 37.9 Å². The SMILES string of the molecule is CC(C)N1CCN(c2ccc(S(=O)O)c(C(F)(F)F)c2)CC1. The third-order valence-electron chi connectivity index (χ3n) is 3.87. The van der Waals surface area contributed by atoms with E-state index in [1.54, 1.807) is 0 Å². The summed E-state index contributed by atoms with van der Waals surface area (Å²) in [5.74, 6) is 0. The summed E-state index contributed by atoms with van der Waals surface area (Å²) < 4.78 is 59.2. The van der Waals surface area contributed by atoms with E-state index < -0.39 is 27.7 Å².